The van der Waals surface area contributed by atoms with E-state index in [1.165, 1.54) is 11.6 Å². The monoisotopic (exact) mass is 321 g/mol. The van der Waals surface area contributed by atoms with E-state index < -0.39 is 0 Å². The van der Waals surface area contributed by atoms with Crippen LogP contribution in [0.5, 0.6) is 0 Å². The molecule has 1 aromatic heterocycles. The molecule has 2 atom stereocenters. The number of carbonyl (C=O) groups excluding carboxylic acids is 1. The quantitative estimate of drug-likeness (QED) is 0.775. The average Bonchev–Trinajstić information content (AvgIpc) is 3.19. The van der Waals surface area contributed by atoms with Crippen molar-refractivity contribution in [1.29, 1.82) is 0 Å². The largest absolute Gasteiger partial charge is 0.451 e. The molecule has 2 aromatic carbocycles. The highest BCUT2D eigenvalue weighted by Crippen LogP contribution is 2.40. The van der Waals surface area contributed by atoms with Gasteiger partial charge in [-0.3, -0.25) is 4.79 Å². The van der Waals surface area contributed by atoms with E-state index in [0.717, 1.165) is 6.42 Å². The minimum atomic E-state index is -0.370. The first-order chi connectivity index (χ1) is 11.7. The standard InChI is InChI=1S/C20H16FNO2/c21-16-9-5-4-8-14(16)18-10-11-19(24-18)20(23)22-17-12-15(17)13-6-2-1-3-7-13/h1-11,15,17H,12H2,(H,22,23)/t15-,17-/m0/s1. The van der Waals surface area contributed by atoms with Gasteiger partial charge in [0, 0.05) is 12.0 Å². The summed E-state index contributed by atoms with van der Waals surface area (Å²) in [4.78, 5) is 12.3. The number of carbonyl (C=O) groups is 1. The Morgan fingerprint density at radius 3 is 2.54 bits per heavy atom. The molecule has 0 bridgehead atoms. The van der Waals surface area contributed by atoms with Gasteiger partial charge in [0.15, 0.2) is 5.76 Å². The fourth-order valence-corrected chi connectivity index (χ4v) is 2.93. The van der Waals surface area contributed by atoms with Crippen molar-refractivity contribution in [3.05, 3.63) is 83.9 Å². The van der Waals surface area contributed by atoms with E-state index >= 15 is 0 Å². The van der Waals surface area contributed by atoms with Crippen LogP contribution in [0.3, 0.4) is 0 Å². The van der Waals surface area contributed by atoms with Crippen molar-refractivity contribution >= 4 is 5.91 Å². The molecule has 1 heterocycles. The molecule has 1 amide bonds. The van der Waals surface area contributed by atoms with Crippen molar-refractivity contribution in [2.24, 2.45) is 0 Å². The van der Waals surface area contributed by atoms with Gasteiger partial charge in [-0.1, -0.05) is 42.5 Å². The molecular weight excluding hydrogens is 305 g/mol. The number of nitrogens with one attached hydrogen (secondary N) is 1. The summed E-state index contributed by atoms with van der Waals surface area (Å²) >= 11 is 0. The highest BCUT2D eigenvalue weighted by atomic mass is 19.1. The maximum absolute atomic E-state index is 13.8. The molecule has 3 nitrogen and oxygen atoms in total. The van der Waals surface area contributed by atoms with E-state index in [0.29, 0.717) is 17.2 Å². The molecule has 0 aliphatic heterocycles. The van der Waals surface area contributed by atoms with Crippen LogP contribution in [0.2, 0.25) is 0 Å². The Bertz CT molecular complexity index is 872. The molecule has 24 heavy (non-hydrogen) atoms. The van der Waals surface area contributed by atoms with Crippen LogP contribution in [0.4, 0.5) is 4.39 Å². The molecule has 1 fully saturated rings. The topological polar surface area (TPSA) is 42.2 Å². The van der Waals surface area contributed by atoms with Crippen molar-refractivity contribution in [1.82, 2.24) is 5.32 Å². The molecule has 120 valence electrons. The second-order valence-electron chi connectivity index (χ2n) is 5.98. The number of hydrogen-bond donors (Lipinski definition) is 1. The molecule has 3 aromatic rings. The zero-order chi connectivity index (χ0) is 16.5. The lowest BCUT2D eigenvalue weighted by Crippen LogP contribution is -2.26. The molecule has 0 radical (unpaired) electrons. The summed E-state index contributed by atoms with van der Waals surface area (Å²) in [6.07, 6.45) is 0.927. The van der Waals surface area contributed by atoms with E-state index in [4.69, 9.17) is 4.42 Å². The second kappa shape index (κ2) is 5.96. The molecule has 1 aliphatic carbocycles. The van der Waals surface area contributed by atoms with E-state index in [9.17, 15) is 9.18 Å². The van der Waals surface area contributed by atoms with Gasteiger partial charge >= 0.3 is 0 Å². The smallest absolute Gasteiger partial charge is 0.287 e. The van der Waals surface area contributed by atoms with Crippen LogP contribution >= 0.6 is 0 Å². The van der Waals surface area contributed by atoms with Gasteiger partial charge in [-0.2, -0.15) is 0 Å². The van der Waals surface area contributed by atoms with E-state index in [-0.39, 0.29) is 23.5 Å². The number of hydrogen-bond acceptors (Lipinski definition) is 2. The molecule has 0 unspecified atom stereocenters. The fraction of sp³-hybridized carbons (Fsp3) is 0.150. The number of benzene rings is 2. The van der Waals surface area contributed by atoms with Crippen LogP contribution in [-0.2, 0) is 0 Å². The maximum atomic E-state index is 13.8. The van der Waals surface area contributed by atoms with Gasteiger partial charge in [0.05, 0.1) is 5.56 Å². The highest BCUT2D eigenvalue weighted by Gasteiger charge is 2.39. The van der Waals surface area contributed by atoms with Gasteiger partial charge in [0.1, 0.15) is 11.6 Å². The molecule has 0 saturated heterocycles. The van der Waals surface area contributed by atoms with Crippen LogP contribution in [0, 0.1) is 5.82 Å². The Hall–Kier alpha value is -2.88. The van der Waals surface area contributed by atoms with Crippen molar-refractivity contribution < 1.29 is 13.6 Å². The lowest BCUT2D eigenvalue weighted by atomic mass is 10.1. The van der Waals surface area contributed by atoms with E-state index in [1.807, 2.05) is 18.2 Å². The maximum Gasteiger partial charge on any atom is 0.287 e. The molecule has 1 aliphatic rings. The average molecular weight is 321 g/mol. The Kier molecular flexibility index (Phi) is 3.65. The molecule has 1 saturated carbocycles. The SMILES string of the molecule is O=C(N[C@H]1C[C@H]1c1ccccc1)c1ccc(-c2ccccc2F)o1. The molecule has 0 spiro atoms. The fourth-order valence-electron chi connectivity index (χ4n) is 2.93. The van der Waals surface area contributed by atoms with Crippen LogP contribution in [0.25, 0.3) is 11.3 Å². The van der Waals surface area contributed by atoms with Crippen LogP contribution in [-0.4, -0.2) is 11.9 Å². The highest BCUT2D eigenvalue weighted by molar-refractivity contribution is 5.92. The minimum absolute atomic E-state index is 0.127. The number of rotatable bonds is 4. The molecule has 4 heteroatoms. The van der Waals surface area contributed by atoms with Gasteiger partial charge in [-0.15, -0.1) is 0 Å². The van der Waals surface area contributed by atoms with E-state index in [1.54, 1.807) is 30.3 Å². The van der Waals surface area contributed by atoms with E-state index in [2.05, 4.69) is 17.4 Å². The Labute approximate surface area is 139 Å². The van der Waals surface area contributed by atoms with Crippen molar-refractivity contribution in [3.63, 3.8) is 0 Å². The van der Waals surface area contributed by atoms with Crippen molar-refractivity contribution in [2.45, 2.75) is 18.4 Å². The predicted molar refractivity (Wildman–Crippen MR) is 89.2 cm³/mol. The van der Waals surface area contributed by atoms with Crippen LogP contribution in [0.15, 0.2) is 71.1 Å². The third-order valence-electron chi connectivity index (χ3n) is 4.30. The first-order valence-electron chi connectivity index (χ1n) is 7.93. The number of furan rings is 1. The molecular formula is C20H16FNO2. The van der Waals surface area contributed by atoms with Gasteiger partial charge in [0.2, 0.25) is 0 Å². The normalized spacial score (nSPS) is 19.0. The summed E-state index contributed by atoms with van der Waals surface area (Å²) in [7, 11) is 0. The second-order valence-corrected chi connectivity index (χ2v) is 5.98. The minimum Gasteiger partial charge on any atom is -0.451 e. The Morgan fingerprint density at radius 2 is 1.75 bits per heavy atom. The predicted octanol–water partition coefficient (Wildman–Crippen LogP) is 4.37. The van der Waals surface area contributed by atoms with Gasteiger partial charge in [-0.05, 0) is 36.2 Å². The third kappa shape index (κ3) is 2.83. The van der Waals surface area contributed by atoms with Crippen LogP contribution in [0.1, 0.15) is 28.5 Å². The first-order valence-corrected chi connectivity index (χ1v) is 7.93. The Morgan fingerprint density at radius 1 is 1.00 bits per heavy atom. The summed E-state index contributed by atoms with van der Waals surface area (Å²) in [5.74, 6) is 0.280. The Balaban J connectivity index is 1.44. The van der Waals surface area contributed by atoms with Gasteiger partial charge < -0.3 is 9.73 Å². The summed E-state index contributed by atoms with van der Waals surface area (Å²) in [6.45, 7) is 0. The zero-order valence-electron chi connectivity index (χ0n) is 12.9. The lowest BCUT2D eigenvalue weighted by molar-refractivity contribution is 0.0923. The molecule has 4 rings (SSSR count). The lowest BCUT2D eigenvalue weighted by Gasteiger charge is -2.03. The molecule has 1 N–H and O–H groups in total. The van der Waals surface area contributed by atoms with Gasteiger partial charge in [0.25, 0.3) is 5.91 Å². The summed E-state index contributed by atoms with van der Waals surface area (Å²) < 4.78 is 19.3. The van der Waals surface area contributed by atoms with Gasteiger partial charge in [-0.25, -0.2) is 4.39 Å². The summed E-state index contributed by atoms with van der Waals surface area (Å²) in [6, 6.07) is 19.8. The zero-order valence-corrected chi connectivity index (χ0v) is 12.9. The number of amides is 1. The first kappa shape index (κ1) is 14.7. The van der Waals surface area contributed by atoms with Crippen LogP contribution < -0.4 is 5.32 Å². The van der Waals surface area contributed by atoms with Crippen molar-refractivity contribution in [3.8, 4) is 11.3 Å². The number of halogens is 1. The summed E-state index contributed by atoms with van der Waals surface area (Å²) in [5, 5.41) is 2.97. The third-order valence-corrected chi connectivity index (χ3v) is 4.30. The summed E-state index contributed by atoms with van der Waals surface area (Å²) in [5.41, 5.74) is 1.58. The van der Waals surface area contributed by atoms with Crippen molar-refractivity contribution in [2.75, 3.05) is 0 Å².